The minimum absolute atomic E-state index is 0.120. The third-order valence-corrected chi connectivity index (χ3v) is 5.16. The molecule has 4 nitrogen and oxygen atoms in total. The van der Waals surface area contributed by atoms with Gasteiger partial charge in [-0.15, -0.1) is 0 Å². The first-order valence-corrected chi connectivity index (χ1v) is 9.14. The smallest absolute Gasteiger partial charge is 0.129 e. The molecular formula is C20H26ClNO3. The number of furan rings is 1. The quantitative estimate of drug-likeness (QED) is 0.810. The van der Waals surface area contributed by atoms with Crippen molar-refractivity contribution < 1.29 is 14.3 Å². The molecule has 25 heavy (non-hydrogen) atoms. The maximum Gasteiger partial charge on any atom is 0.129 e. The number of aliphatic hydroxyl groups is 1. The first kappa shape index (κ1) is 18.5. The van der Waals surface area contributed by atoms with Gasteiger partial charge in [-0.25, -0.2) is 0 Å². The van der Waals surface area contributed by atoms with Gasteiger partial charge >= 0.3 is 0 Å². The maximum atomic E-state index is 10.1. The Balaban J connectivity index is 1.66. The van der Waals surface area contributed by atoms with Crippen LogP contribution in [0.5, 0.6) is 0 Å². The van der Waals surface area contributed by atoms with Crippen LogP contribution in [0.15, 0.2) is 40.8 Å². The lowest BCUT2D eigenvalue weighted by atomic mass is 9.75. The summed E-state index contributed by atoms with van der Waals surface area (Å²) >= 11 is 6.12. The number of methoxy groups -OCH3 is 1. The fourth-order valence-corrected chi connectivity index (χ4v) is 4.01. The summed E-state index contributed by atoms with van der Waals surface area (Å²) in [5.74, 6) is 1.80. The van der Waals surface area contributed by atoms with Gasteiger partial charge in [0.25, 0.3) is 0 Å². The topological polar surface area (TPSA) is 45.8 Å². The van der Waals surface area contributed by atoms with Crippen molar-refractivity contribution in [2.24, 2.45) is 5.41 Å². The molecule has 136 valence electrons. The van der Waals surface area contributed by atoms with Crippen LogP contribution >= 0.6 is 11.6 Å². The molecule has 3 rings (SSSR count). The Morgan fingerprint density at radius 3 is 2.88 bits per heavy atom. The van der Waals surface area contributed by atoms with E-state index in [-0.39, 0.29) is 12.0 Å². The summed E-state index contributed by atoms with van der Waals surface area (Å²) in [6.07, 6.45) is 2.94. The van der Waals surface area contributed by atoms with E-state index in [1.165, 1.54) is 5.56 Å². The second kappa shape index (κ2) is 8.37. The minimum Gasteiger partial charge on any atom is -0.462 e. The molecular weight excluding hydrogens is 338 g/mol. The van der Waals surface area contributed by atoms with E-state index in [2.05, 4.69) is 11.0 Å². The molecule has 0 bridgehead atoms. The molecule has 2 aromatic rings. The molecule has 0 aliphatic carbocycles. The lowest BCUT2D eigenvalue weighted by molar-refractivity contribution is 0.0257. The molecule has 2 heterocycles. The van der Waals surface area contributed by atoms with E-state index in [1.807, 2.05) is 30.3 Å². The first-order valence-electron chi connectivity index (χ1n) is 8.77. The van der Waals surface area contributed by atoms with Crippen molar-refractivity contribution in [1.82, 2.24) is 4.90 Å². The van der Waals surface area contributed by atoms with Crippen molar-refractivity contribution in [2.75, 3.05) is 26.8 Å². The fourth-order valence-electron chi connectivity index (χ4n) is 3.80. The van der Waals surface area contributed by atoms with Crippen molar-refractivity contribution >= 4 is 11.6 Å². The number of rotatable bonds is 7. The largest absolute Gasteiger partial charge is 0.462 e. The van der Waals surface area contributed by atoms with Gasteiger partial charge in [0, 0.05) is 24.1 Å². The van der Waals surface area contributed by atoms with E-state index < -0.39 is 0 Å². The number of nitrogens with zero attached hydrogens (tertiary/aromatic N) is 1. The van der Waals surface area contributed by atoms with E-state index >= 15 is 0 Å². The van der Waals surface area contributed by atoms with Crippen LogP contribution in [0.25, 0.3) is 0 Å². The van der Waals surface area contributed by atoms with Gasteiger partial charge in [0.1, 0.15) is 18.1 Å². The standard InChI is InChI=1S/C20H26ClNO3/c1-24-13-19-7-6-18(25-19)12-22-9-3-8-20(14-22,15-23)11-16-4-2-5-17(21)10-16/h2,4-7,10,23H,3,8-9,11-15H2,1H3/t20-/m0/s1. The van der Waals surface area contributed by atoms with Crippen LogP contribution in [-0.2, 0) is 24.3 Å². The number of halogens is 1. The SMILES string of the molecule is COCc1ccc(CN2CCC[C@](CO)(Cc3cccc(Cl)c3)C2)o1. The monoisotopic (exact) mass is 363 g/mol. The molecule has 1 fully saturated rings. The second-order valence-corrected chi connectivity index (χ2v) is 7.52. The molecule has 1 atom stereocenters. The Hall–Kier alpha value is -1.33. The molecule has 0 amide bonds. The van der Waals surface area contributed by atoms with Gasteiger partial charge in [0.2, 0.25) is 0 Å². The van der Waals surface area contributed by atoms with Crippen LogP contribution in [-0.4, -0.2) is 36.8 Å². The van der Waals surface area contributed by atoms with Crippen molar-refractivity contribution in [3.63, 3.8) is 0 Å². The molecule has 1 N–H and O–H groups in total. The molecule has 1 aromatic heterocycles. The zero-order chi connectivity index (χ0) is 17.7. The van der Waals surface area contributed by atoms with Crippen LogP contribution in [0.3, 0.4) is 0 Å². The van der Waals surface area contributed by atoms with Crippen molar-refractivity contribution in [3.8, 4) is 0 Å². The zero-order valence-electron chi connectivity index (χ0n) is 14.7. The molecule has 1 aliphatic heterocycles. The molecule has 0 spiro atoms. The van der Waals surface area contributed by atoms with Crippen molar-refractivity contribution in [1.29, 1.82) is 0 Å². The summed E-state index contributed by atoms with van der Waals surface area (Å²) in [6.45, 7) is 3.33. The lowest BCUT2D eigenvalue weighted by Crippen LogP contribution is -2.46. The van der Waals surface area contributed by atoms with E-state index in [4.69, 9.17) is 20.8 Å². The summed E-state index contributed by atoms with van der Waals surface area (Å²) in [5.41, 5.74) is 1.06. The molecule has 1 aromatic carbocycles. The Morgan fingerprint density at radius 2 is 2.12 bits per heavy atom. The Bertz CT molecular complexity index is 687. The number of hydrogen-bond donors (Lipinski definition) is 1. The van der Waals surface area contributed by atoms with Crippen LogP contribution in [0.2, 0.25) is 5.02 Å². The van der Waals surface area contributed by atoms with E-state index in [1.54, 1.807) is 7.11 Å². The van der Waals surface area contributed by atoms with Gasteiger partial charge in [0.15, 0.2) is 0 Å². The maximum absolute atomic E-state index is 10.1. The number of aliphatic hydroxyl groups excluding tert-OH is 1. The fraction of sp³-hybridized carbons (Fsp3) is 0.500. The number of likely N-dealkylation sites (tertiary alicyclic amines) is 1. The van der Waals surface area contributed by atoms with E-state index in [9.17, 15) is 5.11 Å². The third kappa shape index (κ3) is 4.85. The normalized spacial score (nSPS) is 21.6. The van der Waals surface area contributed by atoms with Gasteiger partial charge in [-0.1, -0.05) is 23.7 Å². The van der Waals surface area contributed by atoms with Crippen LogP contribution in [0.4, 0.5) is 0 Å². The third-order valence-electron chi connectivity index (χ3n) is 4.93. The second-order valence-electron chi connectivity index (χ2n) is 7.08. The molecule has 1 aliphatic rings. The van der Waals surface area contributed by atoms with Crippen molar-refractivity contribution in [3.05, 3.63) is 58.5 Å². The Kier molecular flexibility index (Phi) is 6.18. The summed E-state index contributed by atoms with van der Waals surface area (Å²) in [6, 6.07) is 11.9. The van der Waals surface area contributed by atoms with Gasteiger partial charge in [-0.2, -0.15) is 0 Å². The highest BCUT2D eigenvalue weighted by Crippen LogP contribution is 2.34. The average Bonchev–Trinajstić information content (AvgIpc) is 3.02. The molecule has 1 saturated heterocycles. The molecule has 0 saturated carbocycles. The minimum atomic E-state index is -0.120. The zero-order valence-corrected chi connectivity index (χ0v) is 15.5. The highest BCUT2D eigenvalue weighted by molar-refractivity contribution is 6.30. The van der Waals surface area contributed by atoms with Crippen LogP contribution in [0, 0.1) is 5.41 Å². The highest BCUT2D eigenvalue weighted by Gasteiger charge is 2.35. The van der Waals surface area contributed by atoms with Gasteiger partial charge < -0.3 is 14.3 Å². The summed E-state index contributed by atoms with van der Waals surface area (Å²) in [4.78, 5) is 2.37. The number of ether oxygens (including phenoxy) is 1. The summed E-state index contributed by atoms with van der Waals surface area (Å²) in [5, 5.41) is 10.9. The number of hydrogen-bond acceptors (Lipinski definition) is 4. The average molecular weight is 364 g/mol. The highest BCUT2D eigenvalue weighted by atomic mass is 35.5. The first-order chi connectivity index (χ1) is 12.1. The lowest BCUT2D eigenvalue weighted by Gasteiger charge is -2.41. The predicted molar refractivity (Wildman–Crippen MR) is 98.6 cm³/mol. The Morgan fingerprint density at radius 1 is 1.28 bits per heavy atom. The van der Waals surface area contributed by atoms with E-state index in [0.29, 0.717) is 6.61 Å². The van der Waals surface area contributed by atoms with Crippen LogP contribution in [0.1, 0.15) is 29.9 Å². The summed E-state index contributed by atoms with van der Waals surface area (Å²) in [7, 11) is 1.66. The number of piperidine rings is 1. The van der Waals surface area contributed by atoms with Crippen LogP contribution < -0.4 is 0 Å². The van der Waals surface area contributed by atoms with Gasteiger partial charge in [-0.05, 0) is 55.6 Å². The van der Waals surface area contributed by atoms with Gasteiger partial charge in [-0.3, -0.25) is 4.90 Å². The molecule has 0 radical (unpaired) electrons. The summed E-state index contributed by atoms with van der Waals surface area (Å²) < 4.78 is 10.9. The number of benzene rings is 1. The Labute approximate surface area is 154 Å². The molecule has 5 heteroatoms. The van der Waals surface area contributed by atoms with Crippen molar-refractivity contribution in [2.45, 2.75) is 32.4 Å². The molecule has 0 unspecified atom stereocenters. The van der Waals surface area contributed by atoms with E-state index in [0.717, 1.165) is 55.4 Å². The van der Waals surface area contributed by atoms with Gasteiger partial charge in [0.05, 0.1) is 13.2 Å². The predicted octanol–water partition coefficient (Wildman–Crippen LogP) is 3.90.